The number of halogens is 4. The van der Waals surface area contributed by atoms with E-state index in [4.69, 9.17) is 0 Å². The van der Waals surface area contributed by atoms with E-state index in [9.17, 15) is 22.4 Å². The maximum Gasteiger partial charge on any atom is 0.420 e. The molecule has 1 unspecified atom stereocenters. The predicted molar refractivity (Wildman–Crippen MR) is 51.9 cm³/mol. The highest BCUT2D eigenvalue weighted by Gasteiger charge is 2.44. The Hall–Kier alpha value is -1.70. The van der Waals surface area contributed by atoms with E-state index in [1.807, 2.05) is 0 Å². The van der Waals surface area contributed by atoms with Crippen LogP contribution in [0.4, 0.5) is 17.6 Å². The van der Waals surface area contributed by atoms with Crippen molar-refractivity contribution < 1.29 is 31.8 Å². The zero-order valence-electron chi connectivity index (χ0n) is 9.42. The molecule has 1 rings (SSSR count). The second-order valence-electron chi connectivity index (χ2n) is 3.21. The van der Waals surface area contributed by atoms with Crippen LogP contribution < -0.4 is 4.74 Å². The molecule has 0 fully saturated rings. The monoisotopic (exact) mass is 267 g/mol. The van der Waals surface area contributed by atoms with Crippen molar-refractivity contribution in [3.8, 4) is 5.75 Å². The number of ether oxygens (including phenoxy) is 2. The molecule has 0 aliphatic rings. The summed E-state index contributed by atoms with van der Waals surface area (Å²) in [6.07, 6.45) is -6.58. The van der Waals surface area contributed by atoms with Crippen molar-refractivity contribution >= 4 is 6.29 Å². The first-order valence-corrected chi connectivity index (χ1v) is 4.63. The molecule has 18 heavy (non-hydrogen) atoms. The van der Waals surface area contributed by atoms with Crippen LogP contribution in [-0.4, -0.2) is 31.7 Å². The third kappa shape index (κ3) is 2.58. The summed E-state index contributed by atoms with van der Waals surface area (Å²) in [6.45, 7) is 0. The largest absolute Gasteiger partial charge is 0.494 e. The number of nitrogens with zero attached hydrogens (tertiary/aromatic N) is 1. The minimum atomic E-state index is -4.76. The maximum absolute atomic E-state index is 13.2. The van der Waals surface area contributed by atoms with Gasteiger partial charge in [-0.05, 0) is 0 Å². The number of alkyl halides is 3. The smallest absolute Gasteiger partial charge is 0.420 e. The normalized spacial score (nSPS) is 13.2. The Morgan fingerprint density at radius 3 is 2.39 bits per heavy atom. The first-order valence-electron chi connectivity index (χ1n) is 4.63. The molecule has 100 valence electrons. The van der Waals surface area contributed by atoms with E-state index < -0.39 is 35.1 Å². The molecule has 0 aromatic carbocycles. The van der Waals surface area contributed by atoms with Gasteiger partial charge in [0, 0.05) is 7.11 Å². The van der Waals surface area contributed by atoms with Crippen molar-refractivity contribution in [1.29, 1.82) is 0 Å². The third-order valence-electron chi connectivity index (χ3n) is 2.15. The van der Waals surface area contributed by atoms with E-state index in [1.54, 1.807) is 0 Å². The van der Waals surface area contributed by atoms with Crippen LogP contribution in [0.2, 0.25) is 0 Å². The lowest BCUT2D eigenvalue weighted by atomic mass is 10.1. The van der Waals surface area contributed by atoms with Crippen LogP contribution in [0.3, 0.4) is 0 Å². The van der Waals surface area contributed by atoms with Crippen molar-refractivity contribution in [2.24, 2.45) is 0 Å². The highest BCUT2D eigenvalue weighted by molar-refractivity contribution is 5.80. The summed E-state index contributed by atoms with van der Waals surface area (Å²) in [5.74, 6) is -1.66. The number of aromatic nitrogens is 1. The van der Waals surface area contributed by atoms with Gasteiger partial charge in [0.05, 0.1) is 18.9 Å². The molecule has 0 saturated carbocycles. The molecule has 0 N–H and O–H groups in total. The Balaban J connectivity index is 3.45. The quantitative estimate of drug-likeness (QED) is 0.620. The molecule has 0 amide bonds. The lowest BCUT2D eigenvalue weighted by Gasteiger charge is -2.20. The van der Waals surface area contributed by atoms with E-state index in [0.717, 1.165) is 14.2 Å². The molecule has 8 heteroatoms. The molecule has 1 atom stereocenters. The summed E-state index contributed by atoms with van der Waals surface area (Å²) in [7, 11) is 1.83. The Kier molecular flexibility index (Phi) is 4.23. The van der Waals surface area contributed by atoms with Crippen LogP contribution in [0.5, 0.6) is 5.75 Å². The highest BCUT2D eigenvalue weighted by atomic mass is 19.4. The maximum atomic E-state index is 13.2. The average molecular weight is 267 g/mol. The van der Waals surface area contributed by atoms with Crippen LogP contribution in [0, 0.1) is 5.82 Å². The highest BCUT2D eigenvalue weighted by Crippen LogP contribution is 2.39. The van der Waals surface area contributed by atoms with Crippen LogP contribution in [-0.2, 0) is 4.74 Å². The Bertz CT molecular complexity index is 447. The zero-order valence-corrected chi connectivity index (χ0v) is 9.42. The van der Waals surface area contributed by atoms with Crippen LogP contribution in [0.25, 0.3) is 0 Å². The molecule has 1 aromatic heterocycles. The van der Waals surface area contributed by atoms with Gasteiger partial charge in [0.2, 0.25) is 0 Å². The standard InChI is InChI=1S/C10H9F4NO3/c1-17-8-5(4-16)6(11)3-15-7(8)9(18-2)10(12,13)14/h3-4,9H,1-2H3. The molecular formula is C10H9F4NO3. The second kappa shape index (κ2) is 5.30. The van der Waals surface area contributed by atoms with Crippen molar-refractivity contribution in [3.63, 3.8) is 0 Å². The van der Waals surface area contributed by atoms with Gasteiger partial charge in [-0.25, -0.2) is 4.39 Å². The molecule has 0 saturated heterocycles. The van der Waals surface area contributed by atoms with Crippen LogP contribution in [0.15, 0.2) is 6.20 Å². The van der Waals surface area contributed by atoms with Gasteiger partial charge in [-0.3, -0.25) is 9.78 Å². The third-order valence-corrected chi connectivity index (χ3v) is 2.15. The van der Waals surface area contributed by atoms with Gasteiger partial charge < -0.3 is 9.47 Å². The first kappa shape index (κ1) is 14.4. The Labute approximate surface area is 99.5 Å². The predicted octanol–water partition coefficient (Wildman–Crippen LogP) is 2.29. The van der Waals surface area contributed by atoms with Crippen LogP contribution >= 0.6 is 0 Å². The van der Waals surface area contributed by atoms with E-state index in [-0.39, 0.29) is 6.29 Å². The zero-order chi connectivity index (χ0) is 13.9. The van der Waals surface area contributed by atoms with Crippen LogP contribution in [0.1, 0.15) is 22.2 Å². The minimum Gasteiger partial charge on any atom is -0.494 e. The van der Waals surface area contributed by atoms with E-state index in [0.29, 0.717) is 6.20 Å². The topological polar surface area (TPSA) is 48.4 Å². The van der Waals surface area contributed by atoms with Crippen molar-refractivity contribution in [2.75, 3.05) is 14.2 Å². The van der Waals surface area contributed by atoms with Gasteiger partial charge in [0.1, 0.15) is 5.69 Å². The van der Waals surface area contributed by atoms with E-state index in [1.165, 1.54) is 0 Å². The van der Waals surface area contributed by atoms with Crippen molar-refractivity contribution in [2.45, 2.75) is 12.3 Å². The van der Waals surface area contributed by atoms with Gasteiger partial charge in [0.15, 0.2) is 24.0 Å². The molecule has 4 nitrogen and oxygen atoms in total. The number of hydrogen-bond acceptors (Lipinski definition) is 4. The molecule has 0 bridgehead atoms. The fraction of sp³-hybridized carbons (Fsp3) is 0.400. The Morgan fingerprint density at radius 1 is 1.39 bits per heavy atom. The Morgan fingerprint density at radius 2 is 2.00 bits per heavy atom. The summed E-state index contributed by atoms with van der Waals surface area (Å²) < 4.78 is 60.0. The molecule has 1 aromatic rings. The summed E-state index contributed by atoms with van der Waals surface area (Å²) in [5, 5.41) is 0. The summed E-state index contributed by atoms with van der Waals surface area (Å²) >= 11 is 0. The summed E-state index contributed by atoms with van der Waals surface area (Å²) in [6, 6.07) is 0. The van der Waals surface area contributed by atoms with Gasteiger partial charge in [-0.2, -0.15) is 13.2 Å². The van der Waals surface area contributed by atoms with Gasteiger partial charge >= 0.3 is 6.18 Å². The summed E-state index contributed by atoms with van der Waals surface area (Å²) in [5.41, 5.74) is -1.33. The number of aldehydes is 1. The number of hydrogen-bond donors (Lipinski definition) is 0. The number of carbonyl (C=O) groups is 1. The van der Waals surface area contributed by atoms with Crippen molar-refractivity contribution in [1.82, 2.24) is 4.98 Å². The molecule has 0 spiro atoms. The lowest BCUT2D eigenvalue weighted by molar-refractivity contribution is -0.217. The van der Waals surface area contributed by atoms with E-state index in [2.05, 4.69) is 14.5 Å². The first-order chi connectivity index (χ1) is 8.36. The molecule has 0 aliphatic carbocycles. The fourth-order valence-electron chi connectivity index (χ4n) is 1.41. The van der Waals surface area contributed by atoms with Gasteiger partial charge in [0.25, 0.3) is 0 Å². The molecular weight excluding hydrogens is 258 g/mol. The van der Waals surface area contributed by atoms with Gasteiger partial charge in [-0.15, -0.1) is 0 Å². The van der Waals surface area contributed by atoms with Gasteiger partial charge in [-0.1, -0.05) is 0 Å². The average Bonchev–Trinajstić information content (AvgIpc) is 2.29. The molecule has 0 radical (unpaired) electrons. The number of pyridine rings is 1. The fourth-order valence-corrected chi connectivity index (χ4v) is 1.41. The molecule has 1 heterocycles. The number of methoxy groups -OCH3 is 2. The lowest BCUT2D eigenvalue weighted by Crippen LogP contribution is -2.24. The second-order valence-corrected chi connectivity index (χ2v) is 3.21. The number of carbonyl (C=O) groups excluding carboxylic acids is 1. The number of rotatable bonds is 4. The summed E-state index contributed by atoms with van der Waals surface area (Å²) in [4.78, 5) is 13.9. The molecule has 0 aliphatic heterocycles. The van der Waals surface area contributed by atoms with E-state index >= 15 is 0 Å². The van der Waals surface area contributed by atoms with Crippen molar-refractivity contribution in [3.05, 3.63) is 23.3 Å². The minimum absolute atomic E-state index is 0.0580. The SMILES string of the molecule is COc1c(C(OC)C(F)(F)F)ncc(F)c1C=O.